The Balaban J connectivity index is 2.15. The van der Waals surface area contributed by atoms with Crippen molar-refractivity contribution in [3.8, 4) is 5.75 Å². The molecule has 0 saturated heterocycles. The van der Waals surface area contributed by atoms with Crippen LogP contribution in [0.2, 0.25) is 0 Å². The second-order valence-corrected chi connectivity index (χ2v) is 4.26. The van der Waals surface area contributed by atoms with Gasteiger partial charge in [0.25, 0.3) is 5.69 Å². The van der Waals surface area contributed by atoms with Crippen LogP contribution in [0, 0.1) is 10.1 Å². The molecule has 2 rings (SSSR count). The van der Waals surface area contributed by atoms with Gasteiger partial charge in [0.2, 0.25) is 0 Å². The Morgan fingerprint density at radius 3 is 2.65 bits per heavy atom. The normalized spacial score (nSPS) is 10.1. The van der Waals surface area contributed by atoms with Crippen molar-refractivity contribution in [3.63, 3.8) is 0 Å². The fourth-order valence-electron chi connectivity index (χ4n) is 1.78. The zero-order valence-electron chi connectivity index (χ0n) is 10.9. The van der Waals surface area contributed by atoms with Gasteiger partial charge in [0.05, 0.1) is 10.5 Å². The molecule has 0 heterocycles. The Morgan fingerprint density at radius 2 is 1.95 bits per heavy atom. The van der Waals surface area contributed by atoms with Gasteiger partial charge in [-0.3, -0.25) is 14.9 Å². The van der Waals surface area contributed by atoms with Crippen molar-refractivity contribution in [2.45, 2.75) is 13.5 Å². The van der Waals surface area contributed by atoms with Crippen LogP contribution < -0.4 is 4.74 Å². The van der Waals surface area contributed by atoms with E-state index in [9.17, 15) is 14.9 Å². The predicted octanol–water partition coefficient (Wildman–Crippen LogP) is 3.38. The number of benzene rings is 2. The molecule has 0 bridgehead atoms. The van der Waals surface area contributed by atoms with Crippen molar-refractivity contribution in [1.82, 2.24) is 0 Å². The third-order valence-corrected chi connectivity index (χ3v) is 2.82. The molecule has 20 heavy (non-hydrogen) atoms. The quantitative estimate of drug-likeness (QED) is 0.475. The van der Waals surface area contributed by atoms with E-state index in [4.69, 9.17) is 4.74 Å². The number of nitro benzene ring substituents is 1. The zero-order valence-corrected chi connectivity index (χ0v) is 10.9. The van der Waals surface area contributed by atoms with Crippen LogP contribution in [0.4, 0.5) is 5.69 Å². The third-order valence-electron chi connectivity index (χ3n) is 2.82. The second-order valence-electron chi connectivity index (χ2n) is 4.26. The number of hydrogen-bond acceptors (Lipinski definition) is 4. The smallest absolute Gasteiger partial charge is 0.276 e. The number of nitrogens with zero attached hydrogens (tertiary/aromatic N) is 1. The summed E-state index contributed by atoms with van der Waals surface area (Å²) >= 11 is 0. The van der Waals surface area contributed by atoms with Crippen LogP contribution >= 0.6 is 0 Å². The molecular formula is C15H13NO4. The summed E-state index contributed by atoms with van der Waals surface area (Å²) < 4.78 is 5.52. The van der Waals surface area contributed by atoms with Crippen LogP contribution in [0.25, 0.3) is 0 Å². The van der Waals surface area contributed by atoms with E-state index in [1.165, 1.54) is 13.0 Å². The number of carbonyl (C=O) groups is 1. The van der Waals surface area contributed by atoms with Crippen LogP contribution in [0.3, 0.4) is 0 Å². The van der Waals surface area contributed by atoms with E-state index in [1.807, 2.05) is 0 Å². The Hall–Kier alpha value is -2.69. The number of Topliss-reactive ketones (excluding diaryl/α,β-unsaturated/α-hetero) is 1. The van der Waals surface area contributed by atoms with Crippen molar-refractivity contribution >= 4 is 11.5 Å². The molecule has 2 aromatic rings. The summed E-state index contributed by atoms with van der Waals surface area (Å²) in [6, 6.07) is 13.2. The van der Waals surface area contributed by atoms with Gasteiger partial charge in [-0.15, -0.1) is 0 Å². The molecular weight excluding hydrogens is 258 g/mol. The number of nitro groups is 1. The molecule has 0 aliphatic carbocycles. The molecule has 0 N–H and O–H groups in total. The molecule has 0 spiro atoms. The molecule has 0 aliphatic heterocycles. The Morgan fingerprint density at radius 1 is 1.20 bits per heavy atom. The number of ketones is 1. The highest BCUT2D eigenvalue weighted by molar-refractivity contribution is 5.94. The summed E-state index contributed by atoms with van der Waals surface area (Å²) in [5, 5.41) is 10.9. The van der Waals surface area contributed by atoms with E-state index >= 15 is 0 Å². The lowest BCUT2D eigenvalue weighted by atomic mass is 10.1. The lowest BCUT2D eigenvalue weighted by molar-refractivity contribution is -0.385. The van der Waals surface area contributed by atoms with Crippen LogP contribution in [0.1, 0.15) is 22.8 Å². The fraction of sp³-hybridized carbons (Fsp3) is 0.133. The van der Waals surface area contributed by atoms with Crippen molar-refractivity contribution < 1.29 is 14.5 Å². The largest absolute Gasteiger partial charge is 0.489 e. The average Bonchev–Trinajstić information content (AvgIpc) is 2.45. The Bertz CT molecular complexity index is 652. The van der Waals surface area contributed by atoms with E-state index < -0.39 is 4.92 Å². The van der Waals surface area contributed by atoms with Gasteiger partial charge in [0.1, 0.15) is 12.4 Å². The number of hydrogen-bond donors (Lipinski definition) is 0. The molecule has 0 fully saturated rings. The van der Waals surface area contributed by atoms with Crippen molar-refractivity contribution in [2.24, 2.45) is 0 Å². The highest BCUT2D eigenvalue weighted by Crippen LogP contribution is 2.21. The standard InChI is InChI=1S/C15H13NO4/c1-11(17)12-6-4-7-14(9-12)20-10-13-5-2-3-8-15(13)16(18)19/h2-9H,10H2,1H3. The first-order valence-electron chi connectivity index (χ1n) is 6.04. The molecule has 0 atom stereocenters. The van der Waals surface area contributed by atoms with E-state index in [0.29, 0.717) is 16.9 Å². The van der Waals surface area contributed by atoms with Gasteiger partial charge in [-0.25, -0.2) is 0 Å². The molecule has 5 nitrogen and oxygen atoms in total. The number of para-hydroxylation sites is 1. The van der Waals surface area contributed by atoms with Crippen molar-refractivity contribution in [2.75, 3.05) is 0 Å². The van der Waals surface area contributed by atoms with Crippen molar-refractivity contribution in [1.29, 1.82) is 0 Å². The lowest BCUT2D eigenvalue weighted by Crippen LogP contribution is -2.01. The number of rotatable bonds is 5. The molecule has 0 aromatic heterocycles. The molecule has 2 aromatic carbocycles. The minimum Gasteiger partial charge on any atom is -0.489 e. The molecule has 102 valence electrons. The Labute approximate surface area is 116 Å². The minimum atomic E-state index is -0.440. The molecule has 0 aliphatic rings. The molecule has 0 radical (unpaired) electrons. The molecule has 0 saturated carbocycles. The van der Waals surface area contributed by atoms with E-state index in [2.05, 4.69) is 0 Å². The van der Waals surface area contributed by atoms with Gasteiger partial charge < -0.3 is 4.74 Å². The highest BCUT2D eigenvalue weighted by Gasteiger charge is 2.12. The van der Waals surface area contributed by atoms with E-state index in [-0.39, 0.29) is 18.1 Å². The minimum absolute atomic E-state index is 0.0234. The van der Waals surface area contributed by atoms with E-state index in [1.54, 1.807) is 42.5 Å². The van der Waals surface area contributed by atoms with Gasteiger partial charge in [-0.1, -0.05) is 24.3 Å². The molecule has 5 heteroatoms. The van der Waals surface area contributed by atoms with Gasteiger partial charge >= 0.3 is 0 Å². The summed E-state index contributed by atoms with van der Waals surface area (Å²) in [5.74, 6) is 0.456. The molecule has 0 amide bonds. The first kappa shape index (κ1) is 13.7. The lowest BCUT2D eigenvalue weighted by Gasteiger charge is -2.07. The van der Waals surface area contributed by atoms with Crippen LogP contribution in [0.15, 0.2) is 48.5 Å². The van der Waals surface area contributed by atoms with Gasteiger partial charge in [0.15, 0.2) is 5.78 Å². The summed E-state index contributed by atoms with van der Waals surface area (Å²) in [4.78, 5) is 21.7. The first-order valence-corrected chi connectivity index (χ1v) is 6.04. The summed E-state index contributed by atoms with van der Waals surface area (Å²) in [5.41, 5.74) is 1.06. The molecule has 0 unspecified atom stereocenters. The fourth-order valence-corrected chi connectivity index (χ4v) is 1.78. The summed E-state index contributed by atoms with van der Waals surface area (Å²) in [6.45, 7) is 1.56. The van der Waals surface area contributed by atoms with Crippen LogP contribution in [0.5, 0.6) is 5.75 Å². The number of ether oxygens (including phenoxy) is 1. The van der Waals surface area contributed by atoms with E-state index in [0.717, 1.165) is 0 Å². The topological polar surface area (TPSA) is 69.4 Å². The third kappa shape index (κ3) is 3.20. The SMILES string of the molecule is CC(=O)c1cccc(OCc2ccccc2[N+](=O)[O-])c1. The number of carbonyl (C=O) groups excluding carboxylic acids is 1. The maximum Gasteiger partial charge on any atom is 0.276 e. The second kappa shape index (κ2) is 5.97. The maximum absolute atomic E-state index is 11.3. The van der Waals surface area contributed by atoms with Crippen LogP contribution in [-0.2, 0) is 6.61 Å². The Kier molecular flexibility index (Phi) is 4.10. The average molecular weight is 271 g/mol. The predicted molar refractivity (Wildman–Crippen MR) is 73.9 cm³/mol. The van der Waals surface area contributed by atoms with Crippen molar-refractivity contribution in [3.05, 3.63) is 69.8 Å². The first-order chi connectivity index (χ1) is 9.58. The van der Waals surface area contributed by atoms with Crippen LogP contribution in [-0.4, -0.2) is 10.7 Å². The van der Waals surface area contributed by atoms with Gasteiger partial charge in [0, 0.05) is 11.6 Å². The summed E-state index contributed by atoms with van der Waals surface area (Å²) in [7, 11) is 0. The van der Waals surface area contributed by atoms with Gasteiger partial charge in [-0.2, -0.15) is 0 Å². The summed E-state index contributed by atoms with van der Waals surface area (Å²) in [6.07, 6.45) is 0. The van der Waals surface area contributed by atoms with Gasteiger partial charge in [-0.05, 0) is 25.1 Å². The highest BCUT2D eigenvalue weighted by atomic mass is 16.6. The maximum atomic E-state index is 11.3. The zero-order chi connectivity index (χ0) is 14.5. The monoisotopic (exact) mass is 271 g/mol.